The summed E-state index contributed by atoms with van der Waals surface area (Å²) in [5.74, 6) is -0.489. The van der Waals surface area contributed by atoms with Crippen LogP contribution in [0.3, 0.4) is 0 Å². The van der Waals surface area contributed by atoms with Crippen LogP contribution < -0.4 is 5.32 Å². The maximum atomic E-state index is 10.8. The summed E-state index contributed by atoms with van der Waals surface area (Å²) in [5, 5.41) is 11.5. The van der Waals surface area contributed by atoms with Gasteiger partial charge in [-0.25, -0.2) is 0 Å². The highest BCUT2D eigenvalue weighted by Gasteiger charge is 2.22. The summed E-state index contributed by atoms with van der Waals surface area (Å²) in [6.45, 7) is 0.164. The number of aliphatic hydroxyl groups excluding tert-OH is 1. The van der Waals surface area contributed by atoms with E-state index in [4.69, 9.17) is 16.3 Å². The number of methoxy groups -OCH3 is 1. The first-order chi connectivity index (χ1) is 5.65. The molecule has 1 aliphatic rings. The third kappa shape index (κ3) is 1.88. The molecule has 0 saturated carbocycles. The Kier molecular flexibility index (Phi) is 2.91. The zero-order chi connectivity index (χ0) is 9.14. The number of halogens is 1. The third-order valence-electron chi connectivity index (χ3n) is 1.35. The lowest BCUT2D eigenvalue weighted by atomic mass is 10.4. The fourth-order valence-electron chi connectivity index (χ4n) is 0.801. The summed E-state index contributed by atoms with van der Waals surface area (Å²) < 4.78 is 4.75. The summed E-state index contributed by atoms with van der Waals surface area (Å²) in [4.78, 5) is 12.2. The van der Waals surface area contributed by atoms with Crippen molar-refractivity contribution in [1.82, 2.24) is 10.2 Å². The molecule has 5 nitrogen and oxygen atoms in total. The molecule has 0 spiro atoms. The lowest BCUT2D eigenvalue weighted by Gasteiger charge is -2.29. The zero-order valence-electron chi connectivity index (χ0n) is 6.45. The monoisotopic (exact) mass is 192 g/mol. The van der Waals surface area contributed by atoms with Gasteiger partial charge in [0, 0.05) is 13.3 Å². The van der Waals surface area contributed by atoms with Crippen LogP contribution in [0.5, 0.6) is 0 Å². The maximum Gasteiger partial charge on any atom is 0.267 e. The molecule has 0 aliphatic carbocycles. The van der Waals surface area contributed by atoms with Crippen LogP contribution in [0.25, 0.3) is 0 Å². The van der Waals surface area contributed by atoms with Crippen molar-refractivity contribution in [3.8, 4) is 0 Å². The smallest absolute Gasteiger partial charge is 0.267 e. The quantitative estimate of drug-likeness (QED) is 0.612. The van der Waals surface area contributed by atoms with E-state index in [0.29, 0.717) is 0 Å². The number of carbonyl (C=O) groups is 1. The highest BCUT2D eigenvalue weighted by molar-refractivity contribution is 6.42. The van der Waals surface area contributed by atoms with Gasteiger partial charge in [-0.1, -0.05) is 11.6 Å². The van der Waals surface area contributed by atoms with Crippen LogP contribution in [0.4, 0.5) is 0 Å². The van der Waals surface area contributed by atoms with Crippen molar-refractivity contribution in [3.63, 3.8) is 0 Å². The van der Waals surface area contributed by atoms with Crippen LogP contribution in [0.1, 0.15) is 0 Å². The Bertz CT molecular complexity index is 219. The number of aliphatic hydroxyl groups is 1. The Morgan fingerprint density at radius 3 is 3.17 bits per heavy atom. The topological polar surface area (TPSA) is 61.8 Å². The molecular weight excluding hydrogens is 184 g/mol. The van der Waals surface area contributed by atoms with Gasteiger partial charge >= 0.3 is 0 Å². The Hall–Kier alpha value is -0.780. The number of carbonyl (C=O) groups excluding carboxylic acids is 1. The molecule has 1 amide bonds. The molecule has 0 aromatic rings. The average Bonchev–Trinajstić information content (AvgIpc) is 2.01. The van der Waals surface area contributed by atoms with Crippen molar-refractivity contribution >= 4 is 17.5 Å². The number of nitrogens with one attached hydrogen (secondary N) is 1. The second-order valence-electron chi connectivity index (χ2n) is 2.26. The highest BCUT2D eigenvalue weighted by atomic mass is 35.5. The second-order valence-corrected chi connectivity index (χ2v) is 2.66. The maximum absolute atomic E-state index is 10.8. The lowest BCUT2D eigenvalue weighted by Crippen LogP contribution is -2.50. The van der Waals surface area contributed by atoms with Gasteiger partial charge in [-0.05, 0) is 0 Å². The molecule has 2 N–H and O–H groups in total. The third-order valence-corrected chi connectivity index (χ3v) is 1.62. The van der Waals surface area contributed by atoms with E-state index in [9.17, 15) is 9.90 Å². The van der Waals surface area contributed by atoms with Gasteiger partial charge in [-0.15, -0.1) is 0 Å². The van der Waals surface area contributed by atoms with Crippen molar-refractivity contribution in [2.45, 2.75) is 6.35 Å². The molecule has 6 heteroatoms. The normalized spacial score (nSPS) is 23.6. The first-order valence-corrected chi connectivity index (χ1v) is 3.64. The summed E-state index contributed by atoms with van der Waals surface area (Å²) in [6.07, 6.45) is 0.258. The molecule has 1 aliphatic heterocycles. The lowest BCUT2D eigenvalue weighted by molar-refractivity contribution is -0.128. The molecule has 0 bridgehead atoms. The van der Waals surface area contributed by atoms with Gasteiger partial charge in [-0.3, -0.25) is 4.79 Å². The molecule has 1 heterocycles. The van der Waals surface area contributed by atoms with Gasteiger partial charge < -0.3 is 20.1 Å². The minimum Gasteiger partial charge on any atom is -0.364 e. The second kappa shape index (κ2) is 3.75. The first kappa shape index (κ1) is 9.31. The van der Waals surface area contributed by atoms with E-state index >= 15 is 0 Å². The number of hydrogen-bond donors (Lipinski definition) is 2. The number of amides is 1. The molecule has 1 atom stereocenters. The molecule has 68 valence electrons. The molecule has 12 heavy (non-hydrogen) atoms. The van der Waals surface area contributed by atoms with E-state index in [2.05, 4.69) is 5.32 Å². The van der Waals surface area contributed by atoms with Crippen LogP contribution in [0, 0.1) is 0 Å². The SMILES string of the molecule is COCN1C=C(Cl)C(=O)NC1O. The Balaban J connectivity index is 2.69. The van der Waals surface area contributed by atoms with Crippen LogP contribution in [-0.2, 0) is 9.53 Å². The van der Waals surface area contributed by atoms with Crippen molar-refractivity contribution in [1.29, 1.82) is 0 Å². The van der Waals surface area contributed by atoms with Crippen LogP contribution in [-0.4, -0.2) is 36.1 Å². The van der Waals surface area contributed by atoms with Gasteiger partial charge in [0.05, 0.1) is 0 Å². The molecule has 1 unspecified atom stereocenters. The predicted molar refractivity (Wildman–Crippen MR) is 41.8 cm³/mol. The minimum absolute atomic E-state index is 0.0253. The van der Waals surface area contributed by atoms with Gasteiger partial charge in [-0.2, -0.15) is 0 Å². The zero-order valence-corrected chi connectivity index (χ0v) is 7.21. The largest absolute Gasteiger partial charge is 0.364 e. The van der Waals surface area contributed by atoms with Crippen molar-refractivity contribution in [2.75, 3.05) is 13.8 Å². The molecule has 0 aromatic heterocycles. The molecule has 0 fully saturated rings. The van der Waals surface area contributed by atoms with E-state index in [1.165, 1.54) is 18.2 Å². The van der Waals surface area contributed by atoms with Gasteiger partial charge in [0.25, 0.3) is 5.91 Å². The standard InChI is InChI=1S/C6H9ClN2O3/c1-12-3-9-2-4(7)5(10)8-6(9)11/h2,6,11H,3H2,1H3,(H,8,10). The van der Waals surface area contributed by atoms with Crippen LogP contribution in [0.2, 0.25) is 0 Å². The van der Waals surface area contributed by atoms with Crippen molar-refractivity contribution in [3.05, 3.63) is 11.2 Å². The van der Waals surface area contributed by atoms with E-state index < -0.39 is 12.3 Å². The highest BCUT2D eigenvalue weighted by Crippen LogP contribution is 2.10. The van der Waals surface area contributed by atoms with Gasteiger partial charge in [0.2, 0.25) is 6.35 Å². The Morgan fingerprint density at radius 2 is 2.58 bits per heavy atom. The summed E-state index contributed by atoms with van der Waals surface area (Å²) in [5.41, 5.74) is 0. The fraction of sp³-hybridized carbons (Fsp3) is 0.500. The summed E-state index contributed by atoms with van der Waals surface area (Å²) in [7, 11) is 1.48. The number of hydrogen-bond acceptors (Lipinski definition) is 4. The van der Waals surface area contributed by atoms with Crippen LogP contribution in [0.15, 0.2) is 11.2 Å². The predicted octanol–water partition coefficient (Wildman–Crippen LogP) is -0.622. The van der Waals surface area contributed by atoms with E-state index in [-0.39, 0.29) is 11.8 Å². The van der Waals surface area contributed by atoms with Crippen LogP contribution >= 0.6 is 11.6 Å². The van der Waals surface area contributed by atoms with Crippen molar-refractivity contribution in [2.24, 2.45) is 0 Å². The Morgan fingerprint density at radius 1 is 1.92 bits per heavy atom. The van der Waals surface area contributed by atoms with E-state index in [1.807, 2.05) is 0 Å². The number of ether oxygens (including phenoxy) is 1. The van der Waals surface area contributed by atoms with Gasteiger partial charge in [0.1, 0.15) is 11.8 Å². The molecule has 0 aromatic carbocycles. The van der Waals surface area contributed by atoms with Crippen molar-refractivity contribution < 1.29 is 14.6 Å². The average molecular weight is 193 g/mol. The molecule has 1 rings (SSSR count). The summed E-state index contributed by atoms with van der Waals surface area (Å²) >= 11 is 5.50. The summed E-state index contributed by atoms with van der Waals surface area (Å²) in [6, 6.07) is 0. The minimum atomic E-state index is -1.07. The molecule has 0 saturated heterocycles. The van der Waals surface area contributed by atoms with E-state index in [0.717, 1.165) is 0 Å². The Labute approximate surface area is 74.6 Å². The van der Waals surface area contributed by atoms with E-state index in [1.54, 1.807) is 0 Å². The number of rotatable bonds is 2. The molecular formula is C6H9ClN2O3. The fourth-order valence-corrected chi connectivity index (χ4v) is 0.981. The first-order valence-electron chi connectivity index (χ1n) is 3.26. The van der Waals surface area contributed by atoms with Gasteiger partial charge in [0.15, 0.2) is 0 Å². The number of nitrogens with zero attached hydrogens (tertiary/aromatic N) is 1. The molecule has 0 radical (unpaired) electrons.